The van der Waals surface area contributed by atoms with E-state index in [2.05, 4.69) is 5.32 Å². The van der Waals surface area contributed by atoms with Crippen LogP contribution >= 0.6 is 0 Å². The number of anilines is 2. The Bertz CT molecular complexity index is 573. The number of nitrogen functional groups attached to an aromatic ring is 1. The fourth-order valence-electron chi connectivity index (χ4n) is 1.78. The van der Waals surface area contributed by atoms with Crippen molar-refractivity contribution in [2.45, 2.75) is 13.3 Å². The molecule has 2 aromatic rings. The van der Waals surface area contributed by atoms with E-state index in [9.17, 15) is 9.18 Å². The zero-order valence-corrected chi connectivity index (χ0v) is 10.6. The molecule has 0 saturated carbocycles. The van der Waals surface area contributed by atoms with Gasteiger partial charge >= 0.3 is 0 Å². The summed E-state index contributed by atoms with van der Waals surface area (Å²) in [5, 5.41) is 2.63. The summed E-state index contributed by atoms with van der Waals surface area (Å²) in [6.45, 7) is 1.99. The highest BCUT2D eigenvalue weighted by atomic mass is 19.1. The molecule has 98 valence electrons. The molecule has 0 bridgehead atoms. The van der Waals surface area contributed by atoms with Crippen LogP contribution in [0.1, 0.15) is 11.1 Å². The Morgan fingerprint density at radius 2 is 1.89 bits per heavy atom. The first kappa shape index (κ1) is 13.1. The van der Waals surface area contributed by atoms with Crippen LogP contribution in [0, 0.1) is 12.7 Å². The van der Waals surface area contributed by atoms with Crippen molar-refractivity contribution in [1.29, 1.82) is 0 Å². The maximum absolute atomic E-state index is 13.1. The molecule has 0 saturated heterocycles. The van der Waals surface area contributed by atoms with Gasteiger partial charge in [0.05, 0.1) is 6.42 Å². The fraction of sp³-hybridized carbons (Fsp3) is 0.133. The smallest absolute Gasteiger partial charge is 0.228 e. The highest BCUT2D eigenvalue weighted by molar-refractivity contribution is 5.92. The predicted molar refractivity (Wildman–Crippen MR) is 74.3 cm³/mol. The lowest BCUT2D eigenvalue weighted by atomic mass is 10.1. The minimum absolute atomic E-state index is 0.200. The molecule has 0 aliphatic carbocycles. The van der Waals surface area contributed by atoms with Gasteiger partial charge in [-0.1, -0.05) is 29.8 Å². The third-order valence-corrected chi connectivity index (χ3v) is 2.69. The zero-order valence-electron chi connectivity index (χ0n) is 10.6. The van der Waals surface area contributed by atoms with Crippen molar-refractivity contribution in [3.05, 3.63) is 59.4 Å². The van der Waals surface area contributed by atoms with Gasteiger partial charge in [-0.2, -0.15) is 0 Å². The van der Waals surface area contributed by atoms with Gasteiger partial charge in [-0.15, -0.1) is 0 Å². The SMILES string of the molecule is Cc1ccc(CC(=O)Nc2cc(N)cc(F)c2)cc1. The standard InChI is InChI=1S/C15H15FN2O/c1-10-2-4-11(5-3-10)6-15(19)18-14-8-12(16)7-13(17)9-14/h2-5,7-9H,6,17H2,1H3,(H,18,19). The normalized spacial score (nSPS) is 10.2. The summed E-state index contributed by atoms with van der Waals surface area (Å²) in [6, 6.07) is 11.7. The maximum atomic E-state index is 13.1. The molecule has 4 heteroatoms. The number of carbonyl (C=O) groups excluding carboxylic acids is 1. The molecule has 0 spiro atoms. The Morgan fingerprint density at radius 3 is 2.53 bits per heavy atom. The third kappa shape index (κ3) is 3.81. The molecule has 0 unspecified atom stereocenters. The Kier molecular flexibility index (Phi) is 3.80. The van der Waals surface area contributed by atoms with Crippen LogP contribution in [0.15, 0.2) is 42.5 Å². The average Bonchev–Trinajstić information content (AvgIpc) is 2.30. The number of aryl methyl sites for hydroxylation is 1. The quantitative estimate of drug-likeness (QED) is 0.832. The second-order valence-corrected chi connectivity index (χ2v) is 4.48. The van der Waals surface area contributed by atoms with Crippen LogP contribution in [0.4, 0.5) is 15.8 Å². The maximum Gasteiger partial charge on any atom is 0.228 e. The van der Waals surface area contributed by atoms with Gasteiger partial charge in [-0.3, -0.25) is 4.79 Å². The second kappa shape index (κ2) is 5.52. The van der Waals surface area contributed by atoms with Gasteiger partial charge in [-0.25, -0.2) is 4.39 Å². The van der Waals surface area contributed by atoms with E-state index in [-0.39, 0.29) is 18.0 Å². The number of nitrogens with two attached hydrogens (primary N) is 1. The van der Waals surface area contributed by atoms with Crippen molar-refractivity contribution in [3.63, 3.8) is 0 Å². The first-order valence-electron chi connectivity index (χ1n) is 5.94. The summed E-state index contributed by atoms with van der Waals surface area (Å²) in [5.74, 6) is -0.667. The molecule has 0 aromatic heterocycles. The lowest BCUT2D eigenvalue weighted by molar-refractivity contribution is -0.115. The van der Waals surface area contributed by atoms with Crippen LogP contribution in [0.5, 0.6) is 0 Å². The molecule has 0 aliphatic rings. The van der Waals surface area contributed by atoms with Gasteiger partial charge in [0.25, 0.3) is 0 Å². The highest BCUT2D eigenvalue weighted by Crippen LogP contribution is 2.15. The van der Waals surface area contributed by atoms with Crippen molar-refractivity contribution in [1.82, 2.24) is 0 Å². The lowest BCUT2D eigenvalue weighted by Gasteiger charge is -2.07. The van der Waals surface area contributed by atoms with Crippen molar-refractivity contribution in [2.75, 3.05) is 11.1 Å². The Balaban J connectivity index is 2.03. The monoisotopic (exact) mass is 258 g/mol. The minimum atomic E-state index is -0.467. The van der Waals surface area contributed by atoms with E-state index in [1.165, 1.54) is 18.2 Å². The van der Waals surface area contributed by atoms with Crippen molar-refractivity contribution < 1.29 is 9.18 Å². The van der Waals surface area contributed by atoms with E-state index in [4.69, 9.17) is 5.73 Å². The van der Waals surface area contributed by atoms with Gasteiger partial charge in [-0.05, 0) is 30.7 Å². The molecule has 19 heavy (non-hydrogen) atoms. The first-order chi connectivity index (χ1) is 9.02. The number of benzene rings is 2. The topological polar surface area (TPSA) is 55.1 Å². The Labute approximate surface area is 111 Å². The van der Waals surface area contributed by atoms with Gasteiger partial charge in [0.1, 0.15) is 5.82 Å². The molecule has 1 amide bonds. The zero-order chi connectivity index (χ0) is 13.8. The molecule has 0 aliphatic heterocycles. The first-order valence-corrected chi connectivity index (χ1v) is 5.94. The number of halogens is 1. The van der Waals surface area contributed by atoms with Gasteiger partial charge < -0.3 is 11.1 Å². The molecule has 0 radical (unpaired) electrons. The summed E-state index contributed by atoms with van der Waals surface area (Å²) in [4.78, 5) is 11.8. The molecule has 2 aromatic carbocycles. The van der Waals surface area contributed by atoms with Gasteiger partial charge in [0.15, 0.2) is 0 Å². The molecule has 0 atom stereocenters. The number of rotatable bonds is 3. The van der Waals surface area contributed by atoms with E-state index < -0.39 is 5.82 Å². The molecule has 3 N–H and O–H groups in total. The summed E-state index contributed by atoms with van der Waals surface area (Å²) >= 11 is 0. The molecular formula is C15H15FN2O. The summed E-state index contributed by atoms with van der Waals surface area (Å²) in [6.07, 6.45) is 0.247. The second-order valence-electron chi connectivity index (χ2n) is 4.48. The predicted octanol–water partition coefficient (Wildman–Crippen LogP) is 2.90. The third-order valence-electron chi connectivity index (χ3n) is 2.69. The number of carbonyl (C=O) groups is 1. The minimum Gasteiger partial charge on any atom is -0.399 e. The van der Waals surface area contributed by atoms with Crippen molar-refractivity contribution >= 4 is 17.3 Å². The number of nitrogens with one attached hydrogen (secondary N) is 1. The van der Waals surface area contributed by atoms with Gasteiger partial charge in [0.2, 0.25) is 5.91 Å². The van der Waals surface area contributed by atoms with Crippen LogP contribution in [-0.2, 0) is 11.2 Å². The summed E-state index contributed by atoms with van der Waals surface area (Å²) in [5.41, 5.74) is 8.22. The fourth-order valence-corrected chi connectivity index (χ4v) is 1.78. The Hall–Kier alpha value is -2.36. The summed E-state index contributed by atoms with van der Waals surface area (Å²) < 4.78 is 13.1. The number of hydrogen-bond acceptors (Lipinski definition) is 2. The molecule has 0 heterocycles. The molecular weight excluding hydrogens is 243 g/mol. The largest absolute Gasteiger partial charge is 0.399 e. The van der Waals surface area contributed by atoms with Crippen LogP contribution < -0.4 is 11.1 Å². The number of hydrogen-bond donors (Lipinski definition) is 2. The van der Waals surface area contributed by atoms with E-state index in [1.54, 1.807) is 0 Å². The van der Waals surface area contributed by atoms with Crippen molar-refractivity contribution in [2.24, 2.45) is 0 Å². The molecule has 3 nitrogen and oxygen atoms in total. The van der Waals surface area contributed by atoms with Crippen LogP contribution in [-0.4, -0.2) is 5.91 Å². The Morgan fingerprint density at radius 1 is 1.21 bits per heavy atom. The highest BCUT2D eigenvalue weighted by Gasteiger charge is 2.05. The van der Waals surface area contributed by atoms with E-state index >= 15 is 0 Å². The van der Waals surface area contributed by atoms with E-state index in [1.807, 2.05) is 31.2 Å². The van der Waals surface area contributed by atoms with Crippen LogP contribution in [0.2, 0.25) is 0 Å². The van der Waals surface area contributed by atoms with E-state index in [0.717, 1.165) is 11.1 Å². The molecule has 0 fully saturated rings. The number of amides is 1. The van der Waals surface area contributed by atoms with Crippen LogP contribution in [0.3, 0.4) is 0 Å². The average molecular weight is 258 g/mol. The van der Waals surface area contributed by atoms with Gasteiger partial charge in [0, 0.05) is 11.4 Å². The summed E-state index contributed by atoms with van der Waals surface area (Å²) in [7, 11) is 0. The lowest BCUT2D eigenvalue weighted by Crippen LogP contribution is -2.14. The molecule has 2 rings (SSSR count). The van der Waals surface area contributed by atoms with Crippen molar-refractivity contribution in [3.8, 4) is 0 Å². The van der Waals surface area contributed by atoms with E-state index in [0.29, 0.717) is 5.69 Å². The van der Waals surface area contributed by atoms with Crippen LogP contribution in [0.25, 0.3) is 0 Å².